The highest BCUT2D eigenvalue weighted by molar-refractivity contribution is 7.99. The van der Waals surface area contributed by atoms with Gasteiger partial charge in [0.1, 0.15) is 18.5 Å². The highest BCUT2D eigenvalue weighted by Gasteiger charge is 2.30. The summed E-state index contributed by atoms with van der Waals surface area (Å²) in [6, 6.07) is 18.1. The molecule has 33 heavy (non-hydrogen) atoms. The molecule has 1 saturated carbocycles. The van der Waals surface area contributed by atoms with Crippen LogP contribution in [0.2, 0.25) is 0 Å². The van der Waals surface area contributed by atoms with Gasteiger partial charge in [-0.25, -0.2) is 9.67 Å². The third-order valence-corrected chi connectivity index (χ3v) is 6.62. The Morgan fingerprint density at radius 2 is 1.91 bits per heavy atom. The number of nitrogens with zero attached hydrogens (tertiary/aromatic N) is 6. The van der Waals surface area contributed by atoms with Crippen LogP contribution in [0.1, 0.15) is 48.7 Å². The highest BCUT2D eigenvalue weighted by atomic mass is 32.2. The van der Waals surface area contributed by atoms with Crippen LogP contribution in [-0.2, 0) is 11.3 Å². The summed E-state index contributed by atoms with van der Waals surface area (Å²) in [7, 11) is 0. The average Bonchev–Trinajstić information content (AvgIpc) is 3.38. The van der Waals surface area contributed by atoms with Gasteiger partial charge >= 0.3 is 0 Å². The number of carbonyl (C=O) groups is 1. The Hall–Kier alpha value is -3.46. The predicted molar refractivity (Wildman–Crippen MR) is 126 cm³/mol. The summed E-state index contributed by atoms with van der Waals surface area (Å²) >= 11 is 1.44. The molecule has 0 spiro atoms. The molecule has 4 aromatic rings. The zero-order valence-corrected chi connectivity index (χ0v) is 19.2. The Morgan fingerprint density at radius 1 is 1.12 bits per heavy atom. The van der Waals surface area contributed by atoms with Gasteiger partial charge in [0.2, 0.25) is 5.91 Å². The van der Waals surface area contributed by atoms with Crippen molar-refractivity contribution in [3.05, 3.63) is 84.2 Å². The fraction of sp³-hybridized carbons (Fsp3) is 0.292. The Bertz CT molecular complexity index is 1200. The van der Waals surface area contributed by atoms with Gasteiger partial charge in [0.05, 0.1) is 24.0 Å². The van der Waals surface area contributed by atoms with E-state index in [9.17, 15) is 4.79 Å². The Kier molecular flexibility index (Phi) is 6.21. The van der Waals surface area contributed by atoms with Crippen LogP contribution >= 0.6 is 11.8 Å². The molecule has 0 radical (unpaired) electrons. The van der Waals surface area contributed by atoms with Gasteiger partial charge in [-0.2, -0.15) is 5.10 Å². The van der Waals surface area contributed by atoms with Crippen LogP contribution in [-0.4, -0.2) is 41.2 Å². The molecule has 1 amide bonds. The Morgan fingerprint density at radius 3 is 2.61 bits per heavy atom. The molecule has 0 bridgehead atoms. The first-order chi connectivity index (χ1) is 16.2. The molecule has 1 aliphatic rings. The van der Waals surface area contributed by atoms with E-state index in [0.29, 0.717) is 11.7 Å². The molecule has 1 aliphatic carbocycles. The number of nitrogens with one attached hydrogen (secondary N) is 1. The van der Waals surface area contributed by atoms with Gasteiger partial charge in [-0.1, -0.05) is 54.2 Å². The first-order valence-corrected chi connectivity index (χ1v) is 12.0. The number of aromatic nitrogens is 6. The maximum Gasteiger partial charge on any atom is 0.230 e. The molecule has 2 aromatic carbocycles. The Balaban J connectivity index is 1.20. The summed E-state index contributed by atoms with van der Waals surface area (Å²) in [4.78, 5) is 16.6. The van der Waals surface area contributed by atoms with Crippen molar-refractivity contribution < 1.29 is 4.79 Å². The summed E-state index contributed by atoms with van der Waals surface area (Å²) in [6.07, 6.45) is 5.47. The Labute approximate surface area is 196 Å². The molecule has 168 valence electrons. The van der Waals surface area contributed by atoms with E-state index in [4.69, 9.17) is 0 Å². The first-order valence-electron chi connectivity index (χ1n) is 11.0. The zero-order chi connectivity index (χ0) is 22.6. The molecule has 1 N–H and O–H groups in total. The van der Waals surface area contributed by atoms with Gasteiger partial charge in [0, 0.05) is 5.92 Å². The van der Waals surface area contributed by atoms with Gasteiger partial charge in [-0.3, -0.25) is 4.79 Å². The zero-order valence-electron chi connectivity index (χ0n) is 18.3. The third kappa shape index (κ3) is 5.14. The van der Waals surface area contributed by atoms with E-state index in [1.165, 1.54) is 23.7 Å². The molecular weight excluding hydrogens is 434 g/mol. The van der Waals surface area contributed by atoms with Crippen LogP contribution in [0.25, 0.3) is 5.69 Å². The summed E-state index contributed by atoms with van der Waals surface area (Å²) in [5, 5.41) is 16.8. The molecule has 2 heterocycles. The number of rotatable bonds is 9. The first kappa shape index (κ1) is 21.4. The lowest BCUT2D eigenvalue weighted by atomic mass is 10.1. The number of thioether (sulfide) groups is 1. The van der Waals surface area contributed by atoms with E-state index in [-0.39, 0.29) is 11.9 Å². The number of carbonyl (C=O) groups excluding carboxylic acids is 1. The van der Waals surface area contributed by atoms with Crippen LogP contribution in [0.3, 0.4) is 0 Å². The second kappa shape index (κ2) is 9.58. The maximum absolute atomic E-state index is 12.7. The van der Waals surface area contributed by atoms with Crippen molar-refractivity contribution in [1.29, 1.82) is 0 Å². The van der Waals surface area contributed by atoms with Crippen molar-refractivity contribution in [3.8, 4) is 5.69 Å². The van der Waals surface area contributed by atoms with Crippen LogP contribution in [0.4, 0.5) is 0 Å². The summed E-state index contributed by atoms with van der Waals surface area (Å²) in [5.41, 5.74) is 3.16. The van der Waals surface area contributed by atoms with Crippen LogP contribution in [0.5, 0.6) is 0 Å². The second-order valence-electron chi connectivity index (χ2n) is 8.20. The molecule has 0 aliphatic heterocycles. The van der Waals surface area contributed by atoms with Gasteiger partial charge in [-0.15, -0.1) is 10.2 Å². The normalized spacial score (nSPS) is 14.2. The van der Waals surface area contributed by atoms with Crippen molar-refractivity contribution in [2.45, 2.75) is 43.4 Å². The topological polar surface area (TPSA) is 90.5 Å². The van der Waals surface area contributed by atoms with Gasteiger partial charge in [-0.05, 0) is 43.0 Å². The fourth-order valence-corrected chi connectivity index (χ4v) is 4.47. The number of benzene rings is 2. The number of amides is 1. The summed E-state index contributed by atoms with van der Waals surface area (Å²) < 4.78 is 3.86. The molecule has 0 unspecified atom stereocenters. The summed E-state index contributed by atoms with van der Waals surface area (Å²) in [5.74, 6) is 1.78. The highest BCUT2D eigenvalue weighted by Crippen LogP contribution is 2.40. The fourth-order valence-electron chi connectivity index (χ4n) is 3.72. The third-order valence-electron chi connectivity index (χ3n) is 5.66. The molecule has 9 heteroatoms. The largest absolute Gasteiger partial charge is 0.349 e. The van der Waals surface area contributed by atoms with Gasteiger partial charge < -0.3 is 9.88 Å². The standard InChI is InChI=1S/C24H25N7OS/c1-17(19-9-11-21(12-10-19)31-16-25-15-26-31)27-22(32)14-33-24-29-28-23(20-7-8-20)30(24)13-18-5-3-2-4-6-18/h2-6,9-12,15-17,20H,7-8,13-14H2,1H3,(H,27,32)/t17-/m1/s1. The van der Waals surface area contributed by atoms with Crippen molar-refractivity contribution in [2.75, 3.05) is 5.75 Å². The molecule has 1 fully saturated rings. The molecule has 0 saturated heterocycles. The second-order valence-corrected chi connectivity index (χ2v) is 9.14. The van der Waals surface area contributed by atoms with Crippen molar-refractivity contribution in [3.63, 3.8) is 0 Å². The lowest BCUT2D eigenvalue weighted by Crippen LogP contribution is -2.28. The van der Waals surface area contributed by atoms with Crippen LogP contribution < -0.4 is 5.32 Å². The molecule has 2 aromatic heterocycles. The minimum atomic E-state index is -0.105. The molecule has 1 atom stereocenters. The van der Waals surface area contributed by atoms with Crippen molar-refractivity contribution >= 4 is 17.7 Å². The number of hydrogen-bond acceptors (Lipinski definition) is 6. The van der Waals surface area contributed by atoms with E-state index in [2.05, 4.69) is 42.3 Å². The minimum Gasteiger partial charge on any atom is -0.349 e. The number of hydrogen-bond donors (Lipinski definition) is 1. The van der Waals surface area contributed by atoms with E-state index >= 15 is 0 Å². The molecule has 8 nitrogen and oxygen atoms in total. The lowest BCUT2D eigenvalue weighted by Gasteiger charge is -2.15. The molecule has 5 rings (SSSR count). The minimum absolute atomic E-state index is 0.0323. The smallest absolute Gasteiger partial charge is 0.230 e. The predicted octanol–water partition coefficient (Wildman–Crippen LogP) is 3.75. The van der Waals surface area contributed by atoms with E-state index in [1.54, 1.807) is 11.0 Å². The van der Waals surface area contributed by atoms with Crippen molar-refractivity contribution in [1.82, 2.24) is 34.8 Å². The average molecular weight is 460 g/mol. The SMILES string of the molecule is C[C@@H](NC(=O)CSc1nnc(C2CC2)n1Cc1ccccc1)c1ccc(-n2cncn2)cc1. The quantitative estimate of drug-likeness (QED) is 0.383. The monoisotopic (exact) mass is 459 g/mol. The van der Waals surface area contributed by atoms with E-state index < -0.39 is 0 Å². The lowest BCUT2D eigenvalue weighted by molar-refractivity contribution is -0.119. The van der Waals surface area contributed by atoms with Crippen LogP contribution in [0.15, 0.2) is 72.4 Å². The maximum atomic E-state index is 12.7. The van der Waals surface area contributed by atoms with Gasteiger partial charge in [0.25, 0.3) is 0 Å². The van der Waals surface area contributed by atoms with E-state index in [0.717, 1.165) is 41.6 Å². The van der Waals surface area contributed by atoms with Gasteiger partial charge in [0.15, 0.2) is 5.16 Å². The molecular formula is C24H25N7OS. The van der Waals surface area contributed by atoms with E-state index in [1.807, 2.05) is 49.4 Å². The van der Waals surface area contributed by atoms with Crippen LogP contribution in [0, 0.1) is 0 Å². The van der Waals surface area contributed by atoms with Crippen molar-refractivity contribution in [2.24, 2.45) is 0 Å². The summed E-state index contributed by atoms with van der Waals surface area (Å²) in [6.45, 7) is 2.70.